The van der Waals surface area contributed by atoms with Crippen LogP contribution in [-0.4, -0.2) is 5.97 Å². The van der Waals surface area contributed by atoms with E-state index in [-0.39, 0.29) is 5.75 Å². The molecule has 3 heteroatoms. The molecule has 0 bridgehead atoms. The normalized spacial score (nSPS) is 10.5. The van der Waals surface area contributed by atoms with Crippen molar-refractivity contribution in [3.63, 3.8) is 0 Å². The van der Waals surface area contributed by atoms with E-state index in [0.717, 1.165) is 11.1 Å². The summed E-state index contributed by atoms with van der Waals surface area (Å²) in [6.45, 7) is 3.70. The van der Waals surface area contributed by atoms with Crippen molar-refractivity contribution < 1.29 is 13.9 Å². The second kappa shape index (κ2) is 6.67. The zero-order valence-electron chi connectivity index (χ0n) is 13.5. The van der Waals surface area contributed by atoms with Gasteiger partial charge in [0.1, 0.15) is 11.6 Å². The minimum atomic E-state index is -0.506. The van der Waals surface area contributed by atoms with Gasteiger partial charge in [-0.3, -0.25) is 0 Å². The van der Waals surface area contributed by atoms with Crippen LogP contribution in [0.3, 0.4) is 0 Å². The smallest absolute Gasteiger partial charge is 0.343 e. The highest BCUT2D eigenvalue weighted by Gasteiger charge is 2.10. The summed E-state index contributed by atoms with van der Waals surface area (Å²) in [6, 6.07) is 19.7. The minimum absolute atomic E-state index is 0.200. The van der Waals surface area contributed by atoms with E-state index in [1.165, 1.54) is 11.6 Å². The Hall–Kier alpha value is -2.94. The maximum absolute atomic E-state index is 13.5. The molecule has 3 aromatic rings. The molecule has 3 aromatic carbocycles. The molecular weight excluding hydrogens is 303 g/mol. The van der Waals surface area contributed by atoms with E-state index in [2.05, 4.69) is 0 Å². The van der Waals surface area contributed by atoms with Gasteiger partial charge in [0, 0.05) is 6.07 Å². The van der Waals surface area contributed by atoms with Crippen molar-refractivity contribution in [2.45, 2.75) is 13.8 Å². The van der Waals surface area contributed by atoms with Crippen LogP contribution in [0.4, 0.5) is 4.39 Å². The predicted octanol–water partition coefficient (Wildman–Crippen LogP) is 5.33. The van der Waals surface area contributed by atoms with Crippen LogP contribution in [0.1, 0.15) is 21.5 Å². The Kier molecular flexibility index (Phi) is 4.43. The highest BCUT2D eigenvalue weighted by Crippen LogP contribution is 2.21. The zero-order valence-corrected chi connectivity index (χ0v) is 13.5. The van der Waals surface area contributed by atoms with Gasteiger partial charge in [0.05, 0.1) is 5.56 Å². The van der Waals surface area contributed by atoms with Crippen LogP contribution in [0.25, 0.3) is 11.1 Å². The first-order chi connectivity index (χ1) is 11.5. The lowest BCUT2D eigenvalue weighted by Gasteiger charge is -2.07. The van der Waals surface area contributed by atoms with Crippen LogP contribution in [0.2, 0.25) is 0 Å². The maximum Gasteiger partial charge on any atom is 0.343 e. The standard InChI is InChI=1S/C21H17FO2/c1-14-3-6-16(7-4-14)17-8-10-18(11-9-17)21(23)24-19-12-5-15(2)20(22)13-19/h3-13H,1-2H3. The van der Waals surface area contributed by atoms with E-state index in [0.29, 0.717) is 11.1 Å². The van der Waals surface area contributed by atoms with Crippen LogP contribution in [0, 0.1) is 19.7 Å². The first-order valence-electron chi connectivity index (χ1n) is 7.68. The fourth-order valence-corrected chi connectivity index (χ4v) is 2.35. The summed E-state index contributed by atoms with van der Waals surface area (Å²) in [7, 11) is 0. The molecule has 0 atom stereocenters. The first-order valence-corrected chi connectivity index (χ1v) is 7.68. The van der Waals surface area contributed by atoms with Crippen molar-refractivity contribution in [2.75, 3.05) is 0 Å². The Morgan fingerprint density at radius 1 is 0.833 bits per heavy atom. The van der Waals surface area contributed by atoms with Crippen LogP contribution in [0.5, 0.6) is 5.75 Å². The molecule has 0 aliphatic carbocycles. The summed E-state index contributed by atoms with van der Waals surface area (Å²) in [4.78, 5) is 12.2. The molecular formula is C21H17FO2. The number of hydrogen-bond acceptors (Lipinski definition) is 2. The summed E-state index contributed by atoms with van der Waals surface area (Å²) in [5.74, 6) is -0.700. The van der Waals surface area contributed by atoms with Crippen molar-refractivity contribution >= 4 is 5.97 Å². The molecule has 0 amide bonds. The molecule has 0 N–H and O–H groups in total. The Bertz CT molecular complexity index is 865. The molecule has 0 heterocycles. The molecule has 0 aromatic heterocycles. The highest BCUT2D eigenvalue weighted by molar-refractivity contribution is 5.91. The fraction of sp³-hybridized carbons (Fsp3) is 0.0952. The second-order valence-electron chi connectivity index (χ2n) is 5.74. The van der Waals surface area contributed by atoms with E-state index < -0.39 is 11.8 Å². The molecule has 0 saturated heterocycles. The largest absolute Gasteiger partial charge is 0.423 e. The highest BCUT2D eigenvalue weighted by atomic mass is 19.1. The molecule has 2 nitrogen and oxygen atoms in total. The third kappa shape index (κ3) is 3.51. The average molecular weight is 320 g/mol. The van der Waals surface area contributed by atoms with Crippen LogP contribution in [0.15, 0.2) is 66.7 Å². The van der Waals surface area contributed by atoms with Gasteiger partial charge in [0.2, 0.25) is 0 Å². The number of aryl methyl sites for hydroxylation is 2. The summed E-state index contributed by atoms with van der Waals surface area (Å²) >= 11 is 0. The number of carbonyl (C=O) groups is 1. The van der Waals surface area contributed by atoms with E-state index in [4.69, 9.17) is 4.74 Å². The van der Waals surface area contributed by atoms with Gasteiger partial charge in [-0.25, -0.2) is 9.18 Å². The molecule has 0 fully saturated rings. The molecule has 0 spiro atoms. The van der Waals surface area contributed by atoms with E-state index in [1.54, 1.807) is 31.2 Å². The van der Waals surface area contributed by atoms with Gasteiger partial charge in [0.15, 0.2) is 0 Å². The zero-order chi connectivity index (χ0) is 17.1. The number of benzene rings is 3. The van der Waals surface area contributed by atoms with Crippen LogP contribution in [-0.2, 0) is 0 Å². The number of esters is 1. The first kappa shape index (κ1) is 15.9. The molecule has 3 rings (SSSR count). The van der Waals surface area contributed by atoms with E-state index in [1.807, 2.05) is 43.3 Å². The van der Waals surface area contributed by atoms with Crippen LogP contribution >= 0.6 is 0 Å². The predicted molar refractivity (Wildman–Crippen MR) is 92.7 cm³/mol. The topological polar surface area (TPSA) is 26.3 Å². The number of rotatable bonds is 3. The third-order valence-electron chi connectivity index (χ3n) is 3.86. The van der Waals surface area contributed by atoms with E-state index in [9.17, 15) is 9.18 Å². The number of ether oxygens (including phenoxy) is 1. The number of halogens is 1. The van der Waals surface area contributed by atoms with Crippen molar-refractivity contribution in [2.24, 2.45) is 0 Å². The number of carbonyl (C=O) groups excluding carboxylic acids is 1. The van der Waals surface area contributed by atoms with Gasteiger partial charge >= 0.3 is 5.97 Å². The molecule has 0 aliphatic rings. The lowest BCUT2D eigenvalue weighted by molar-refractivity contribution is 0.0734. The fourth-order valence-electron chi connectivity index (χ4n) is 2.35. The SMILES string of the molecule is Cc1ccc(-c2ccc(C(=O)Oc3ccc(C)c(F)c3)cc2)cc1. The Labute approximate surface area is 140 Å². The van der Waals surface area contributed by atoms with Gasteiger partial charge < -0.3 is 4.74 Å². The van der Waals surface area contributed by atoms with Gasteiger partial charge in [-0.1, -0.05) is 48.0 Å². The molecule has 0 radical (unpaired) electrons. The minimum Gasteiger partial charge on any atom is -0.423 e. The maximum atomic E-state index is 13.5. The van der Waals surface area contributed by atoms with Crippen molar-refractivity contribution in [1.82, 2.24) is 0 Å². The molecule has 24 heavy (non-hydrogen) atoms. The summed E-state index contributed by atoms with van der Waals surface area (Å²) < 4.78 is 18.7. The van der Waals surface area contributed by atoms with Crippen molar-refractivity contribution in [3.8, 4) is 16.9 Å². The van der Waals surface area contributed by atoms with Crippen LogP contribution < -0.4 is 4.74 Å². The molecule has 0 unspecified atom stereocenters. The van der Waals surface area contributed by atoms with E-state index >= 15 is 0 Å². The Morgan fingerprint density at radius 2 is 1.42 bits per heavy atom. The van der Waals surface area contributed by atoms with Crippen molar-refractivity contribution in [1.29, 1.82) is 0 Å². The second-order valence-corrected chi connectivity index (χ2v) is 5.74. The molecule has 0 aliphatic heterocycles. The lowest BCUT2D eigenvalue weighted by atomic mass is 10.0. The monoisotopic (exact) mass is 320 g/mol. The molecule has 0 saturated carbocycles. The average Bonchev–Trinajstić information content (AvgIpc) is 2.59. The van der Waals surface area contributed by atoms with Gasteiger partial charge in [-0.05, 0) is 48.7 Å². The summed E-state index contributed by atoms with van der Waals surface area (Å²) in [5, 5.41) is 0. The third-order valence-corrected chi connectivity index (χ3v) is 3.86. The van der Waals surface area contributed by atoms with Gasteiger partial charge in [0.25, 0.3) is 0 Å². The molecule has 120 valence electrons. The lowest BCUT2D eigenvalue weighted by Crippen LogP contribution is -2.08. The number of hydrogen-bond donors (Lipinski definition) is 0. The summed E-state index contributed by atoms with van der Waals surface area (Å²) in [6.07, 6.45) is 0. The Balaban J connectivity index is 1.76. The van der Waals surface area contributed by atoms with Crippen molar-refractivity contribution in [3.05, 3.63) is 89.2 Å². The quantitative estimate of drug-likeness (QED) is 0.482. The van der Waals surface area contributed by atoms with Gasteiger partial charge in [-0.15, -0.1) is 0 Å². The Morgan fingerprint density at radius 3 is 2.00 bits per heavy atom. The summed E-state index contributed by atoms with van der Waals surface area (Å²) in [5.41, 5.74) is 4.24. The van der Waals surface area contributed by atoms with Gasteiger partial charge in [-0.2, -0.15) is 0 Å².